The highest BCUT2D eigenvalue weighted by Crippen LogP contribution is 2.32. The van der Waals surface area contributed by atoms with Crippen molar-refractivity contribution in [2.75, 3.05) is 11.9 Å². The maximum atomic E-state index is 12.7. The number of H-pyrrole nitrogens is 1. The molecule has 0 fully saturated rings. The van der Waals surface area contributed by atoms with Gasteiger partial charge in [0.05, 0.1) is 17.9 Å². The Kier molecular flexibility index (Phi) is 4.64. The van der Waals surface area contributed by atoms with Crippen LogP contribution in [0.2, 0.25) is 0 Å². The van der Waals surface area contributed by atoms with E-state index in [2.05, 4.69) is 15.3 Å². The number of rotatable bonds is 5. The van der Waals surface area contributed by atoms with Gasteiger partial charge >= 0.3 is 0 Å². The number of fused-ring (bicyclic) bond motifs is 1. The van der Waals surface area contributed by atoms with Crippen LogP contribution >= 0.6 is 11.3 Å². The number of ether oxygens (including phenoxy) is 1. The van der Waals surface area contributed by atoms with Crippen molar-refractivity contribution in [3.8, 4) is 17.0 Å². The average Bonchev–Trinajstić information content (AvgIpc) is 3.26. The van der Waals surface area contributed by atoms with Crippen molar-refractivity contribution in [1.82, 2.24) is 9.97 Å². The molecule has 0 saturated heterocycles. The summed E-state index contributed by atoms with van der Waals surface area (Å²) in [6.07, 6.45) is 1.73. The third-order valence-corrected chi connectivity index (χ3v) is 5.18. The van der Waals surface area contributed by atoms with E-state index in [4.69, 9.17) is 4.74 Å². The number of amides is 1. The highest BCUT2D eigenvalue weighted by molar-refractivity contribution is 7.16. The van der Waals surface area contributed by atoms with Crippen molar-refractivity contribution in [2.45, 2.75) is 13.8 Å². The zero-order chi connectivity index (χ0) is 18.8. The Morgan fingerprint density at radius 1 is 1.19 bits per heavy atom. The van der Waals surface area contributed by atoms with E-state index >= 15 is 0 Å². The molecular weight excluding hydrogens is 358 g/mol. The molecule has 2 aromatic carbocycles. The van der Waals surface area contributed by atoms with Crippen LogP contribution in [0.25, 0.3) is 22.2 Å². The number of para-hydroxylation sites is 1. The quantitative estimate of drug-likeness (QED) is 0.499. The largest absolute Gasteiger partial charge is 0.494 e. The summed E-state index contributed by atoms with van der Waals surface area (Å²) in [6, 6.07) is 15.6. The smallest absolute Gasteiger partial charge is 0.259 e. The third kappa shape index (κ3) is 3.44. The van der Waals surface area contributed by atoms with Gasteiger partial charge in [-0.15, -0.1) is 11.3 Å². The van der Waals surface area contributed by atoms with Crippen LogP contribution in [-0.2, 0) is 0 Å². The molecule has 2 heterocycles. The number of nitrogens with zero attached hydrogens (tertiary/aromatic N) is 1. The molecule has 0 unspecified atom stereocenters. The molecule has 4 rings (SSSR count). The minimum atomic E-state index is -0.167. The van der Waals surface area contributed by atoms with Gasteiger partial charge in [0.25, 0.3) is 5.91 Å². The van der Waals surface area contributed by atoms with Crippen LogP contribution in [0, 0.1) is 6.92 Å². The van der Waals surface area contributed by atoms with Crippen molar-refractivity contribution >= 4 is 33.3 Å². The summed E-state index contributed by atoms with van der Waals surface area (Å²) in [5.41, 5.74) is 3.42. The van der Waals surface area contributed by atoms with Crippen molar-refractivity contribution in [3.05, 3.63) is 65.2 Å². The van der Waals surface area contributed by atoms with E-state index in [-0.39, 0.29) is 5.91 Å². The van der Waals surface area contributed by atoms with E-state index in [0.29, 0.717) is 17.3 Å². The number of nitrogens with one attached hydrogen (secondary N) is 2. The molecule has 0 aliphatic carbocycles. The predicted octanol–water partition coefficient (Wildman–Crippen LogP) is 5.25. The van der Waals surface area contributed by atoms with Crippen LogP contribution < -0.4 is 10.1 Å². The number of benzene rings is 2. The van der Waals surface area contributed by atoms with E-state index in [9.17, 15) is 4.79 Å². The van der Waals surface area contributed by atoms with Gasteiger partial charge < -0.3 is 9.72 Å². The van der Waals surface area contributed by atoms with Crippen LogP contribution in [-0.4, -0.2) is 22.5 Å². The number of aromatic amines is 1. The predicted molar refractivity (Wildman–Crippen MR) is 110 cm³/mol. The van der Waals surface area contributed by atoms with Crippen molar-refractivity contribution in [1.29, 1.82) is 0 Å². The van der Waals surface area contributed by atoms with Gasteiger partial charge in [-0.25, -0.2) is 4.98 Å². The molecule has 2 N–H and O–H groups in total. The van der Waals surface area contributed by atoms with Gasteiger partial charge in [-0.3, -0.25) is 10.1 Å². The Hall–Kier alpha value is -3.12. The first-order valence-electron chi connectivity index (χ1n) is 8.74. The molecule has 0 radical (unpaired) electrons. The lowest BCUT2D eigenvalue weighted by Crippen LogP contribution is -2.11. The fourth-order valence-corrected chi connectivity index (χ4v) is 3.85. The molecule has 0 saturated carbocycles. The maximum absolute atomic E-state index is 12.7. The Labute approximate surface area is 161 Å². The van der Waals surface area contributed by atoms with E-state index in [1.54, 1.807) is 6.20 Å². The Balaban J connectivity index is 1.57. The average molecular weight is 377 g/mol. The number of aryl methyl sites for hydroxylation is 1. The lowest BCUT2D eigenvalue weighted by atomic mass is 10.1. The molecule has 27 heavy (non-hydrogen) atoms. The normalized spacial score (nSPS) is 10.9. The lowest BCUT2D eigenvalue weighted by Gasteiger charge is -2.04. The third-order valence-electron chi connectivity index (χ3n) is 4.29. The molecule has 0 aliphatic heterocycles. The summed E-state index contributed by atoms with van der Waals surface area (Å²) in [7, 11) is 0. The minimum Gasteiger partial charge on any atom is -0.494 e. The Morgan fingerprint density at radius 2 is 1.96 bits per heavy atom. The minimum absolute atomic E-state index is 0.167. The highest BCUT2D eigenvalue weighted by Gasteiger charge is 2.16. The van der Waals surface area contributed by atoms with Crippen molar-refractivity contribution in [2.24, 2.45) is 0 Å². The van der Waals surface area contributed by atoms with Crippen molar-refractivity contribution < 1.29 is 9.53 Å². The van der Waals surface area contributed by atoms with E-state index in [0.717, 1.165) is 32.8 Å². The van der Waals surface area contributed by atoms with Crippen molar-refractivity contribution in [3.63, 3.8) is 0 Å². The topological polar surface area (TPSA) is 67.0 Å². The first-order valence-corrected chi connectivity index (χ1v) is 9.55. The fourth-order valence-electron chi connectivity index (χ4n) is 3.02. The maximum Gasteiger partial charge on any atom is 0.259 e. The molecule has 0 aliphatic rings. The molecule has 0 atom stereocenters. The zero-order valence-corrected chi connectivity index (χ0v) is 15.9. The number of anilines is 1. The second kappa shape index (κ2) is 7.25. The number of aromatic nitrogens is 2. The number of thiazole rings is 1. The molecule has 6 heteroatoms. The SMILES string of the molecule is CCOc1ccc(-c2nc(NC(=O)c3c[nH]c4ccccc34)sc2C)cc1. The molecule has 4 aromatic rings. The summed E-state index contributed by atoms with van der Waals surface area (Å²) in [4.78, 5) is 21.5. The van der Waals surface area contributed by atoms with Crippen LogP contribution in [0.1, 0.15) is 22.2 Å². The molecule has 0 spiro atoms. The van der Waals surface area contributed by atoms with Gasteiger partial charge in [-0.2, -0.15) is 0 Å². The fraction of sp³-hybridized carbons (Fsp3) is 0.143. The summed E-state index contributed by atoms with van der Waals surface area (Å²) in [6.45, 7) is 4.60. The second-order valence-electron chi connectivity index (χ2n) is 6.08. The van der Waals surface area contributed by atoms with Crippen LogP contribution in [0.3, 0.4) is 0 Å². The van der Waals surface area contributed by atoms with E-state index in [1.165, 1.54) is 11.3 Å². The molecule has 136 valence electrons. The van der Waals surface area contributed by atoms with Crippen LogP contribution in [0.5, 0.6) is 5.75 Å². The van der Waals surface area contributed by atoms with Gasteiger partial charge in [0.15, 0.2) is 5.13 Å². The Morgan fingerprint density at radius 3 is 2.74 bits per heavy atom. The first kappa shape index (κ1) is 17.3. The molecule has 2 aromatic heterocycles. The Bertz CT molecular complexity index is 1100. The molecule has 0 bridgehead atoms. The number of hydrogen-bond donors (Lipinski definition) is 2. The van der Waals surface area contributed by atoms with Gasteiger partial charge in [0, 0.05) is 27.5 Å². The zero-order valence-electron chi connectivity index (χ0n) is 15.1. The molecule has 5 nitrogen and oxygen atoms in total. The van der Waals surface area contributed by atoms with Gasteiger partial charge in [0.1, 0.15) is 5.75 Å². The van der Waals surface area contributed by atoms with Gasteiger partial charge in [-0.05, 0) is 44.2 Å². The summed E-state index contributed by atoms with van der Waals surface area (Å²) in [5.74, 6) is 0.668. The second-order valence-corrected chi connectivity index (χ2v) is 7.29. The summed E-state index contributed by atoms with van der Waals surface area (Å²) >= 11 is 1.47. The van der Waals surface area contributed by atoms with E-state index in [1.807, 2.05) is 62.4 Å². The number of carbonyl (C=O) groups is 1. The summed E-state index contributed by atoms with van der Waals surface area (Å²) < 4.78 is 5.48. The van der Waals surface area contributed by atoms with Crippen LogP contribution in [0.15, 0.2) is 54.7 Å². The van der Waals surface area contributed by atoms with Gasteiger partial charge in [-0.1, -0.05) is 18.2 Å². The molecular formula is C21H19N3O2S. The molecule has 1 amide bonds. The van der Waals surface area contributed by atoms with E-state index < -0.39 is 0 Å². The van der Waals surface area contributed by atoms with Gasteiger partial charge in [0.2, 0.25) is 0 Å². The monoisotopic (exact) mass is 377 g/mol. The number of hydrogen-bond acceptors (Lipinski definition) is 4. The highest BCUT2D eigenvalue weighted by atomic mass is 32.1. The summed E-state index contributed by atoms with van der Waals surface area (Å²) in [5, 5.41) is 4.41. The lowest BCUT2D eigenvalue weighted by molar-refractivity contribution is 0.102. The first-order chi connectivity index (χ1) is 13.2. The number of carbonyl (C=O) groups excluding carboxylic acids is 1. The van der Waals surface area contributed by atoms with Crippen LogP contribution in [0.4, 0.5) is 5.13 Å². The standard InChI is InChI=1S/C21H19N3O2S/c1-3-26-15-10-8-14(9-11-15)19-13(2)27-21(23-19)24-20(25)17-12-22-18-7-5-4-6-16(17)18/h4-12,22H,3H2,1-2H3,(H,23,24,25).